The predicted octanol–water partition coefficient (Wildman–Crippen LogP) is 3.36. The number of ether oxygens (including phenoxy) is 2. The summed E-state index contributed by atoms with van der Waals surface area (Å²) in [6.45, 7) is 1.33. The molecular formula is C16H16ClNO5S. The van der Waals surface area contributed by atoms with Crippen LogP contribution < -0.4 is 14.2 Å². The Hall–Kier alpha value is -2.25. The van der Waals surface area contributed by atoms with Crippen molar-refractivity contribution in [3.63, 3.8) is 0 Å². The number of nitrogens with one attached hydrogen (secondary N) is 1. The first-order valence-corrected chi connectivity index (χ1v) is 8.70. The van der Waals surface area contributed by atoms with Gasteiger partial charge < -0.3 is 9.47 Å². The summed E-state index contributed by atoms with van der Waals surface area (Å²) in [4.78, 5) is 11.9. The Balaban J connectivity index is 2.51. The number of carbonyl (C=O) groups excluding carboxylic acids is 1. The molecule has 0 aliphatic rings. The molecule has 6 nitrogen and oxygen atoms in total. The molecule has 0 saturated heterocycles. The van der Waals surface area contributed by atoms with Gasteiger partial charge in [0.15, 0.2) is 17.3 Å². The van der Waals surface area contributed by atoms with Crippen LogP contribution in [0.15, 0.2) is 41.3 Å². The normalized spacial score (nSPS) is 11.0. The van der Waals surface area contributed by atoms with Gasteiger partial charge in [0.1, 0.15) is 0 Å². The standard InChI is InChI=1S/C16H16ClNO5S/c1-10(19)13-8-15(22-2)16(23-3)9-14(13)18-24(20,21)12-6-4-11(17)5-7-12/h4-9,18H,1-3H3. The lowest BCUT2D eigenvalue weighted by molar-refractivity contribution is 0.101. The van der Waals surface area contributed by atoms with Gasteiger partial charge in [-0.1, -0.05) is 11.6 Å². The van der Waals surface area contributed by atoms with Gasteiger partial charge in [0.05, 0.1) is 24.8 Å². The minimum Gasteiger partial charge on any atom is -0.493 e. The van der Waals surface area contributed by atoms with Crippen molar-refractivity contribution in [3.05, 3.63) is 47.0 Å². The number of benzene rings is 2. The number of ketones is 1. The van der Waals surface area contributed by atoms with Gasteiger partial charge in [-0.3, -0.25) is 9.52 Å². The molecule has 0 bridgehead atoms. The molecule has 0 aromatic heterocycles. The van der Waals surface area contributed by atoms with Gasteiger partial charge in [0, 0.05) is 16.7 Å². The summed E-state index contributed by atoms with van der Waals surface area (Å²) in [5.41, 5.74) is 0.278. The van der Waals surface area contributed by atoms with Crippen LogP contribution in [0.4, 0.5) is 5.69 Å². The molecule has 2 aromatic rings. The van der Waals surface area contributed by atoms with Gasteiger partial charge in [0.25, 0.3) is 10.0 Å². The zero-order chi connectivity index (χ0) is 17.9. The van der Waals surface area contributed by atoms with Gasteiger partial charge in [-0.25, -0.2) is 8.42 Å². The van der Waals surface area contributed by atoms with Crippen molar-refractivity contribution in [1.29, 1.82) is 0 Å². The second-order valence-electron chi connectivity index (χ2n) is 4.87. The van der Waals surface area contributed by atoms with E-state index in [1.165, 1.54) is 57.5 Å². The molecule has 0 heterocycles. The maximum atomic E-state index is 12.5. The van der Waals surface area contributed by atoms with E-state index in [0.29, 0.717) is 16.5 Å². The second-order valence-corrected chi connectivity index (χ2v) is 6.99. The lowest BCUT2D eigenvalue weighted by Gasteiger charge is -2.15. The van der Waals surface area contributed by atoms with E-state index in [-0.39, 0.29) is 21.9 Å². The summed E-state index contributed by atoms with van der Waals surface area (Å²) < 4.78 is 37.7. The highest BCUT2D eigenvalue weighted by Gasteiger charge is 2.20. The van der Waals surface area contributed by atoms with Crippen molar-refractivity contribution in [2.45, 2.75) is 11.8 Å². The van der Waals surface area contributed by atoms with Crippen LogP contribution >= 0.6 is 11.6 Å². The highest BCUT2D eigenvalue weighted by atomic mass is 35.5. The molecule has 2 rings (SSSR count). The van der Waals surface area contributed by atoms with Gasteiger partial charge in [-0.2, -0.15) is 0 Å². The van der Waals surface area contributed by atoms with E-state index < -0.39 is 10.0 Å². The van der Waals surface area contributed by atoms with Crippen LogP contribution in [0.25, 0.3) is 0 Å². The van der Waals surface area contributed by atoms with Crippen LogP contribution in [0.5, 0.6) is 11.5 Å². The summed E-state index contributed by atoms with van der Waals surface area (Å²) >= 11 is 5.77. The number of hydrogen-bond donors (Lipinski definition) is 1. The molecule has 8 heteroatoms. The molecule has 0 spiro atoms. The Morgan fingerprint density at radius 3 is 2.08 bits per heavy atom. The molecule has 24 heavy (non-hydrogen) atoms. The van der Waals surface area contributed by atoms with Crippen LogP contribution in [0.3, 0.4) is 0 Å². The van der Waals surface area contributed by atoms with Gasteiger partial charge in [0.2, 0.25) is 0 Å². The second kappa shape index (κ2) is 7.11. The number of methoxy groups -OCH3 is 2. The Morgan fingerprint density at radius 1 is 1.04 bits per heavy atom. The average Bonchev–Trinajstić information content (AvgIpc) is 2.54. The van der Waals surface area contributed by atoms with E-state index in [4.69, 9.17) is 21.1 Å². The number of anilines is 1. The number of carbonyl (C=O) groups is 1. The number of halogens is 1. The summed E-state index contributed by atoms with van der Waals surface area (Å²) in [5.74, 6) is 0.318. The van der Waals surface area contributed by atoms with Crippen LogP contribution in [0.1, 0.15) is 17.3 Å². The molecule has 0 atom stereocenters. The lowest BCUT2D eigenvalue weighted by atomic mass is 10.1. The van der Waals surface area contributed by atoms with Crippen LogP contribution in [0, 0.1) is 0 Å². The van der Waals surface area contributed by atoms with E-state index >= 15 is 0 Å². The molecule has 0 unspecified atom stereocenters. The van der Waals surface area contributed by atoms with E-state index in [9.17, 15) is 13.2 Å². The summed E-state index contributed by atoms with van der Waals surface area (Å²) in [5, 5.41) is 0.421. The van der Waals surface area contributed by atoms with E-state index in [0.717, 1.165) is 0 Å². The fourth-order valence-electron chi connectivity index (χ4n) is 2.07. The highest BCUT2D eigenvalue weighted by Crippen LogP contribution is 2.34. The first-order valence-electron chi connectivity index (χ1n) is 6.84. The number of hydrogen-bond acceptors (Lipinski definition) is 5. The topological polar surface area (TPSA) is 81.7 Å². The van der Waals surface area contributed by atoms with Gasteiger partial charge in [-0.05, 0) is 37.3 Å². The lowest BCUT2D eigenvalue weighted by Crippen LogP contribution is -2.15. The highest BCUT2D eigenvalue weighted by molar-refractivity contribution is 7.92. The molecule has 0 aliphatic heterocycles. The van der Waals surface area contributed by atoms with Crippen molar-refractivity contribution in [2.24, 2.45) is 0 Å². The first-order chi connectivity index (χ1) is 11.3. The molecule has 1 N–H and O–H groups in total. The van der Waals surface area contributed by atoms with Crippen LogP contribution in [-0.4, -0.2) is 28.4 Å². The fraction of sp³-hybridized carbons (Fsp3) is 0.188. The molecule has 0 fully saturated rings. The molecule has 0 amide bonds. The summed E-state index contributed by atoms with van der Waals surface area (Å²) in [6, 6.07) is 8.52. The Morgan fingerprint density at radius 2 is 1.58 bits per heavy atom. The number of rotatable bonds is 6. The Kier molecular flexibility index (Phi) is 5.36. The minimum atomic E-state index is -3.89. The van der Waals surface area contributed by atoms with Crippen LogP contribution in [0.2, 0.25) is 5.02 Å². The molecule has 128 valence electrons. The smallest absolute Gasteiger partial charge is 0.261 e. The fourth-order valence-corrected chi connectivity index (χ4v) is 3.27. The van der Waals surface area contributed by atoms with Crippen molar-refractivity contribution in [3.8, 4) is 11.5 Å². The third-order valence-corrected chi connectivity index (χ3v) is 4.90. The summed E-state index contributed by atoms with van der Waals surface area (Å²) in [7, 11) is -1.04. The van der Waals surface area contributed by atoms with Crippen molar-refractivity contribution in [1.82, 2.24) is 0 Å². The molecule has 0 aliphatic carbocycles. The Bertz CT molecular complexity index is 863. The van der Waals surface area contributed by atoms with Gasteiger partial charge >= 0.3 is 0 Å². The van der Waals surface area contributed by atoms with E-state index in [2.05, 4.69) is 4.72 Å². The molecule has 0 saturated carbocycles. The van der Waals surface area contributed by atoms with Crippen LogP contribution in [-0.2, 0) is 10.0 Å². The van der Waals surface area contributed by atoms with E-state index in [1.54, 1.807) is 0 Å². The van der Waals surface area contributed by atoms with Gasteiger partial charge in [-0.15, -0.1) is 0 Å². The monoisotopic (exact) mass is 369 g/mol. The third-order valence-electron chi connectivity index (χ3n) is 3.27. The van der Waals surface area contributed by atoms with E-state index in [1.807, 2.05) is 0 Å². The maximum Gasteiger partial charge on any atom is 0.261 e. The predicted molar refractivity (Wildman–Crippen MR) is 91.8 cm³/mol. The molecule has 0 radical (unpaired) electrons. The maximum absolute atomic E-state index is 12.5. The quantitative estimate of drug-likeness (QED) is 0.789. The third kappa shape index (κ3) is 3.80. The molecule has 2 aromatic carbocycles. The number of Topliss-reactive ketones (excluding diaryl/α,β-unsaturated/α-hetero) is 1. The van der Waals surface area contributed by atoms with Crippen molar-refractivity contribution < 1.29 is 22.7 Å². The average molecular weight is 370 g/mol. The van der Waals surface area contributed by atoms with Crippen molar-refractivity contribution >= 4 is 33.1 Å². The molecular weight excluding hydrogens is 354 g/mol. The SMILES string of the molecule is COc1cc(NS(=O)(=O)c2ccc(Cl)cc2)c(C(C)=O)cc1OC. The van der Waals surface area contributed by atoms with Crippen molar-refractivity contribution in [2.75, 3.05) is 18.9 Å². The minimum absolute atomic E-state index is 0.0242. The Labute approximate surface area is 145 Å². The zero-order valence-corrected chi connectivity index (χ0v) is 14.9. The summed E-state index contributed by atoms with van der Waals surface area (Å²) in [6.07, 6.45) is 0. The zero-order valence-electron chi connectivity index (χ0n) is 13.3. The number of sulfonamides is 1. The largest absolute Gasteiger partial charge is 0.493 e. The first kappa shape index (κ1) is 18.1.